The topological polar surface area (TPSA) is 272 Å². The average molecular weight is 895 g/mol. The molecule has 0 bridgehead atoms. The third kappa shape index (κ3) is 15.4. The van der Waals surface area contributed by atoms with Crippen LogP contribution in [-0.4, -0.2) is 127 Å². The molecule has 0 radical (unpaired) electrons. The summed E-state index contributed by atoms with van der Waals surface area (Å²) in [7, 11) is 0. The number of benzene rings is 2. The molecule has 0 spiro atoms. The predicted molar refractivity (Wildman–Crippen MR) is 231 cm³/mol. The molecule has 0 aliphatic carbocycles. The van der Waals surface area contributed by atoms with E-state index < -0.39 is 84.6 Å². The monoisotopic (exact) mass is 894 g/mol. The number of aliphatic hydroxyl groups is 6. The van der Waals surface area contributed by atoms with E-state index in [1.54, 1.807) is 84.9 Å². The van der Waals surface area contributed by atoms with E-state index in [0.717, 1.165) is 11.1 Å². The molecule has 0 aromatic heterocycles. The number of rotatable bonds is 12. The molecule has 2 aliphatic heterocycles. The maximum Gasteiger partial charge on any atom is 0.335 e. The lowest BCUT2D eigenvalue weighted by Gasteiger charge is -2.40. The second-order valence-electron chi connectivity index (χ2n) is 20.1. The number of carboxylic acid groups (broad SMARTS) is 1. The van der Waals surface area contributed by atoms with Gasteiger partial charge in [0.1, 0.15) is 55.2 Å². The highest BCUT2D eigenvalue weighted by atomic mass is 16.7. The maximum absolute atomic E-state index is 12.1. The third-order valence-corrected chi connectivity index (χ3v) is 9.56. The number of carboxylic acids is 1. The van der Waals surface area contributed by atoms with Crippen LogP contribution in [0.2, 0.25) is 0 Å². The van der Waals surface area contributed by atoms with Gasteiger partial charge in [0.15, 0.2) is 6.10 Å². The normalized spacial score (nSPS) is 26.7. The molecule has 2 heterocycles. The van der Waals surface area contributed by atoms with Crippen LogP contribution in [0.25, 0.3) is 0 Å². The molecule has 2 saturated heterocycles. The van der Waals surface area contributed by atoms with Crippen LogP contribution in [0.1, 0.15) is 101 Å². The Kier molecular flexibility index (Phi) is 17.8. The minimum absolute atomic E-state index is 0.0786. The Hall–Kier alpha value is -4.27. The smallest absolute Gasteiger partial charge is 0.335 e. The van der Waals surface area contributed by atoms with Crippen LogP contribution in [0, 0.1) is 16.7 Å². The molecule has 18 heteroatoms. The molecular weight excluding hydrogens is 824 g/mol. The summed E-state index contributed by atoms with van der Waals surface area (Å²) >= 11 is 0. The minimum Gasteiger partial charge on any atom is -0.479 e. The lowest BCUT2D eigenvalue weighted by molar-refractivity contribution is -0.277. The summed E-state index contributed by atoms with van der Waals surface area (Å²) in [5, 5.41) is 75.7. The van der Waals surface area contributed by atoms with Gasteiger partial charge in [0.25, 0.3) is 0 Å². The first-order chi connectivity index (χ1) is 28.8. The molecule has 4 rings (SSSR count). The molecule has 10 unspecified atom stereocenters. The Morgan fingerprint density at radius 2 is 1.03 bits per heavy atom. The van der Waals surface area contributed by atoms with Gasteiger partial charge in [-0.3, -0.25) is 9.59 Å². The number of esters is 2. The summed E-state index contributed by atoms with van der Waals surface area (Å²) in [6, 6.07) is 10.3. The Morgan fingerprint density at radius 3 is 1.41 bits per heavy atom. The summed E-state index contributed by atoms with van der Waals surface area (Å²) < 4.78 is 33.4. The average Bonchev–Trinajstić information content (AvgIpc) is 3.16. The molecule has 18 nitrogen and oxygen atoms in total. The second kappa shape index (κ2) is 21.1. The molecule has 2 aromatic carbocycles. The highest BCUT2D eigenvalue weighted by molar-refractivity contribution is 5.76. The molecule has 10 atom stereocenters. The quantitative estimate of drug-likeness (QED) is 0.137. The van der Waals surface area contributed by atoms with Crippen LogP contribution in [0.3, 0.4) is 0 Å². The molecule has 2 fully saturated rings. The Bertz CT molecular complexity index is 1840. The largest absolute Gasteiger partial charge is 0.479 e. The summed E-state index contributed by atoms with van der Waals surface area (Å²) in [4.78, 5) is 35.6. The highest BCUT2D eigenvalue weighted by Crippen LogP contribution is 2.36. The van der Waals surface area contributed by atoms with Gasteiger partial charge in [-0.05, 0) is 118 Å². The van der Waals surface area contributed by atoms with Crippen molar-refractivity contribution in [1.29, 1.82) is 0 Å². The standard InChI is InChI=1S/C23H35NO8.C22H35NO8/c1-12-16(25)17(26)18(19(27)28)32-20(12)31-15-9-8-13(10-14(15)24-23(5,6)7)11-30-21(29)22(2,3)4;1-21(2,3)20(28)29-11-12-7-8-14(13(9-12)23-22(4,5)6)30-19-18(27)17(26)16(25)15(10-24)31-19/h8-10,12,16-18,20,24-26H,11H2,1-7H3,(H,27,28);7-9,15-19,23-27H,10-11H2,1-6H3. The van der Waals surface area contributed by atoms with Gasteiger partial charge >= 0.3 is 17.9 Å². The summed E-state index contributed by atoms with van der Waals surface area (Å²) in [6.45, 7) is 23.6. The molecule has 0 amide bonds. The van der Waals surface area contributed by atoms with Crippen LogP contribution in [0.5, 0.6) is 11.5 Å². The van der Waals surface area contributed by atoms with Crippen LogP contribution >= 0.6 is 0 Å². The molecule has 2 aliphatic rings. The van der Waals surface area contributed by atoms with E-state index in [-0.39, 0.29) is 36.2 Å². The van der Waals surface area contributed by atoms with Crippen LogP contribution in [0.15, 0.2) is 36.4 Å². The predicted octanol–water partition coefficient (Wildman–Crippen LogP) is 3.70. The van der Waals surface area contributed by atoms with Crippen molar-refractivity contribution >= 4 is 29.3 Å². The van der Waals surface area contributed by atoms with Gasteiger partial charge in [-0.1, -0.05) is 19.1 Å². The summed E-state index contributed by atoms with van der Waals surface area (Å²) in [5.74, 6) is -2.02. The molecule has 356 valence electrons. The van der Waals surface area contributed by atoms with Crippen molar-refractivity contribution < 1.29 is 78.6 Å². The Labute approximate surface area is 369 Å². The van der Waals surface area contributed by atoms with Gasteiger partial charge in [0, 0.05) is 17.0 Å². The lowest BCUT2D eigenvalue weighted by Crippen LogP contribution is -2.60. The SMILES string of the molecule is CC(C)(C)Nc1cc(COC(=O)C(C)(C)C)ccc1OC1OC(CO)C(O)C(O)C1O.CC1C(Oc2ccc(COC(=O)C(C)(C)C)cc2NC(C)(C)C)OC(C(=O)O)C(O)C1O. The second-order valence-corrected chi connectivity index (χ2v) is 20.1. The van der Waals surface area contributed by atoms with Crippen molar-refractivity contribution in [3.63, 3.8) is 0 Å². The van der Waals surface area contributed by atoms with Crippen LogP contribution < -0.4 is 20.1 Å². The first-order valence-electron chi connectivity index (χ1n) is 20.9. The van der Waals surface area contributed by atoms with Crippen LogP contribution in [-0.2, 0) is 46.5 Å². The summed E-state index contributed by atoms with van der Waals surface area (Å²) in [6.07, 6.45) is -12.5. The number of hydrogen-bond acceptors (Lipinski definition) is 17. The van der Waals surface area contributed by atoms with E-state index in [9.17, 15) is 50.1 Å². The van der Waals surface area contributed by atoms with E-state index in [1.165, 1.54) is 0 Å². The zero-order valence-electron chi connectivity index (χ0n) is 38.7. The van der Waals surface area contributed by atoms with Gasteiger partial charge < -0.3 is 74.8 Å². The molecular formula is C45H70N2O16. The molecule has 0 saturated carbocycles. The van der Waals surface area contributed by atoms with Crippen molar-refractivity contribution in [2.75, 3.05) is 17.2 Å². The number of aliphatic hydroxyl groups excluding tert-OH is 6. The number of aliphatic carboxylic acids is 1. The first kappa shape index (κ1) is 53.1. The fourth-order valence-corrected chi connectivity index (χ4v) is 6.03. The van der Waals surface area contributed by atoms with Gasteiger partial charge in [-0.2, -0.15) is 0 Å². The molecule has 2 aromatic rings. The summed E-state index contributed by atoms with van der Waals surface area (Å²) in [5.41, 5.74) is 0.711. The van der Waals surface area contributed by atoms with E-state index in [1.807, 2.05) is 41.5 Å². The van der Waals surface area contributed by atoms with E-state index in [0.29, 0.717) is 22.9 Å². The van der Waals surface area contributed by atoms with Gasteiger partial charge in [-0.25, -0.2) is 4.79 Å². The van der Waals surface area contributed by atoms with E-state index in [4.69, 9.17) is 28.4 Å². The fraction of sp³-hybridized carbons (Fsp3) is 0.667. The Morgan fingerprint density at radius 1 is 0.603 bits per heavy atom. The van der Waals surface area contributed by atoms with Crippen LogP contribution in [0.4, 0.5) is 11.4 Å². The van der Waals surface area contributed by atoms with Crippen molar-refractivity contribution in [1.82, 2.24) is 0 Å². The van der Waals surface area contributed by atoms with Crippen molar-refractivity contribution in [3.05, 3.63) is 47.5 Å². The van der Waals surface area contributed by atoms with Gasteiger partial charge in [0.2, 0.25) is 12.6 Å². The molecule has 63 heavy (non-hydrogen) atoms. The number of anilines is 2. The maximum atomic E-state index is 12.1. The number of carbonyl (C=O) groups excluding carboxylic acids is 2. The first-order valence-corrected chi connectivity index (χ1v) is 20.9. The highest BCUT2D eigenvalue weighted by Gasteiger charge is 2.47. The van der Waals surface area contributed by atoms with E-state index in [2.05, 4.69) is 10.6 Å². The van der Waals surface area contributed by atoms with E-state index >= 15 is 0 Å². The zero-order chi connectivity index (χ0) is 48.0. The number of nitrogens with one attached hydrogen (secondary N) is 2. The van der Waals surface area contributed by atoms with Gasteiger partial charge in [-0.15, -0.1) is 0 Å². The minimum atomic E-state index is -1.61. The van der Waals surface area contributed by atoms with Gasteiger partial charge in [0.05, 0.1) is 34.9 Å². The number of ether oxygens (including phenoxy) is 6. The lowest BCUT2D eigenvalue weighted by atomic mass is 9.92. The number of carbonyl (C=O) groups is 3. The number of hydrogen-bond donors (Lipinski definition) is 9. The molecule has 9 N–H and O–H groups in total. The van der Waals surface area contributed by atoms with Crippen molar-refractivity contribution in [2.45, 2.75) is 170 Å². The zero-order valence-corrected chi connectivity index (χ0v) is 38.7. The Balaban J connectivity index is 0.000000335. The van der Waals surface area contributed by atoms with Crippen molar-refractivity contribution in [3.8, 4) is 11.5 Å². The van der Waals surface area contributed by atoms with Crippen molar-refractivity contribution in [2.24, 2.45) is 16.7 Å². The fourth-order valence-electron chi connectivity index (χ4n) is 6.03. The third-order valence-electron chi connectivity index (χ3n) is 9.56.